The van der Waals surface area contributed by atoms with Crippen LogP contribution in [0, 0.1) is 0 Å². The third-order valence-corrected chi connectivity index (χ3v) is 2.60. The number of aromatic carboxylic acids is 3. The first-order valence-electron chi connectivity index (χ1n) is 5.95. The number of aliphatic hydroxyl groups excluding tert-OH is 1. The van der Waals surface area contributed by atoms with E-state index < -0.39 is 46.1 Å². The Morgan fingerprint density at radius 1 is 0.818 bits per heavy atom. The molecule has 1 aromatic carbocycles. The van der Waals surface area contributed by atoms with Crippen molar-refractivity contribution in [3.8, 4) is 0 Å². The number of benzene rings is 1. The van der Waals surface area contributed by atoms with Crippen LogP contribution in [-0.4, -0.2) is 57.5 Å². The number of esters is 1. The highest BCUT2D eigenvalue weighted by molar-refractivity contribution is 6.09. The van der Waals surface area contributed by atoms with Crippen LogP contribution in [0.15, 0.2) is 12.1 Å². The zero-order chi connectivity index (χ0) is 16.9. The van der Waals surface area contributed by atoms with Crippen molar-refractivity contribution >= 4 is 23.9 Å². The predicted molar refractivity (Wildman–Crippen MR) is 69.3 cm³/mol. The van der Waals surface area contributed by atoms with Crippen molar-refractivity contribution in [2.24, 2.45) is 0 Å². The summed E-state index contributed by atoms with van der Waals surface area (Å²) in [7, 11) is 0. The SMILES string of the molecule is O=C(O)c1cc(C(=O)O)c(C(=O)OCCCO)cc1C(=O)O. The molecule has 1 aromatic rings. The van der Waals surface area contributed by atoms with Crippen LogP contribution in [0.25, 0.3) is 0 Å². The van der Waals surface area contributed by atoms with E-state index in [1.54, 1.807) is 0 Å². The zero-order valence-electron chi connectivity index (χ0n) is 11.1. The van der Waals surface area contributed by atoms with Crippen LogP contribution in [0.1, 0.15) is 47.9 Å². The molecule has 1 rings (SSSR count). The van der Waals surface area contributed by atoms with Crippen LogP contribution in [0.2, 0.25) is 0 Å². The third-order valence-electron chi connectivity index (χ3n) is 2.60. The van der Waals surface area contributed by atoms with Gasteiger partial charge in [-0.15, -0.1) is 0 Å². The minimum atomic E-state index is -1.64. The minimum Gasteiger partial charge on any atom is -0.478 e. The molecule has 9 heteroatoms. The van der Waals surface area contributed by atoms with Gasteiger partial charge in [0.2, 0.25) is 0 Å². The molecule has 0 heterocycles. The Morgan fingerprint density at radius 2 is 1.23 bits per heavy atom. The van der Waals surface area contributed by atoms with Crippen molar-refractivity contribution in [2.45, 2.75) is 6.42 Å². The number of rotatable bonds is 7. The lowest BCUT2D eigenvalue weighted by atomic mass is 9.98. The summed E-state index contributed by atoms with van der Waals surface area (Å²) in [4.78, 5) is 45.0. The second kappa shape index (κ2) is 7.18. The summed E-state index contributed by atoms with van der Waals surface area (Å²) in [5, 5.41) is 35.5. The van der Waals surface area contributed by atoms with Gasteiger partial charge < -0.3 is 25.2 Å². The number of carbonyl (C=O) groups excluding carboxylic acids is 1. The van der Waals surface area contributed by atoms with Crippen LogP contribution in [0.3, 0.4) is 0 Å². The Kier molecular flexibility index (Phi) is 5.58. The summed E-state index contributed by atoms with van der Waals surface area (Å²) in [6, 6.07) is 1.24. The third kappa shape index (κ3) is 3.79. The monoisotopic (exact) mass is 312 g/mol. The van der Waals surface area contributed by atoms with Crippen molar-refractivity contribution in [3.63, 3.8) is 0 Å². The molecule has 22 heavy (non-hydrogen) atoms. The molecule has 0 saturated carbocycles. The fraction of sp³-hybridized carbons (Fsp3) is 0.231. The summed E-state index contributed by atoms with van der Waals surface area (Å²) in [5.74, 6) is -5.99. The van der Waals surface area contributed by atoms with Gasteiger partial charge in [0.15, 0.2) is 0 Å². The Balaban J connectivity index is 3.39. The van der Waals surface area contributed by atoms with Gasteiger partial charge in [-0.1, -0.05) is 0 Å². The van der Waals surface area contributed by atoms with Crippen LogP contribution in [0.4, 0.5) is 0 Å². The molecule has 9 nitrogen and oxygen atoms in total. The summed E-state index contributed by atoms with van der Waals surface area (Å²) < 4.78 is 4.69. The van der Waals surface area contributed by atoms with Gasteiger partial charge in [-0.25, -0.2) is 19.2 Å². The number of aliphatic hydroxyl groups is 1. The van der Waals surface area contributed by atoms with Crippen LogP contribution in [-0.2, 0) is 4.74 Å². The highest BCUT2D eigenvalue weighted by Gasteiger charge is 2.26. The average Bonchev–Trinajstić information content (AvgIpc) is 2.45. The van der Waals surface area contributed by atoms with E-state index >= 15 is 0 Å². The molecule has 0 aliphatic rings. The summed E-state index contributed by atoms with van der Waals surface area (Å²) in [6.45, 7) is -0.450. The first-order chi connectivity index (χ1) is 10.3. The molecular formula is C13H12O9. The molecule has 0 bridgehead atoms. The fourth-order valence-electron chi connectivity index (χ4n) is 1.61. The molecule has 0 unspecified atom stereocenters. The largest absolute Gasteiger partial charge is 0.478 e. The Hall–Kier alpha value is -2.94. The molecular weight excluding hydrogens is 300 g/mol. The molecule has 0 aliphatic carbocycles. The van der Waals surface area contributed by atoms with Crippen molar-refractivity contribution in [2.75, 3.05) is 13.2 Å². The quantitative estimate of drug-likeness (QED) is 0.410. The lowest BCUT2D eigenvalue weighted by Gasteiger charge is -2.10. The molecule has 0 atom stereocenters. The first-order valence-corrected chi connectivity index (χ1v) is 5.95. The molecule has 4 N–H and O–H groups in total. The van der Waals surface area contributed by atoms with Gasteiger partial charge in [-0.3, -0.25) is 0 Å². The van der Waals surface area contributed by atoms with E-state index in [1.807, 2.05) is 0 Å². The van der Waals surface area contributed by atoms with Crippen LogP contribution >= 0.6 is 0 Å². The molecule has 0 spiro atoms. The average molecular weight is 312 g/mol. The molecule has 0 radical (unpaired) electrons. The van der Waals surface area contributed by atoms with Gasteiger partial charge in [0.1, 0.15) is 0 Å². The van der Waals surface area contributed by atoms with Gasteiger partial charge >= 0.3 is 23.9 Å². The Morgan fingerprint density at radius 3 is 1.64 bits per heavy atom. The molecule has 0 saturated heterocycles. The molecule has 0 aromatic heterocycles. The molecule has 0 aliphatic heterocycles. The van der Waals surface area contributed by atoms with E-state index in [0.717, 1.165) is 0 Å². The van der Waals surface area contributed by atoms with E-state index in [-0.39, 0.29) is 19.6 Å². The van der Waals surface area contributed by atoms with Gasteiger partial charge in [0.25, 0.3) is 0 Å². The summed E-state index contributed by atoms with van der Waals surface area (Å²) in [5.41, 5.74) is -2.74. The van der Waals surface area contributed by atoms with Crippen molar-refractivity contribution in [1.82, 2.24) is 0 Å². The highest BCUT2D eigenvalue weighted by atomic mass is 16.5. The topological polar surface area (TPSA) is 158 Å². The molecule has 0 fully saturated rings. The maximum atomic E-state index is 11.8. The summed E-state index contributed by atoms with van der Waals surface area (Å²) in [6.07, 6.45) is 0.118. The zero-order valence-corrected chi connectivity index (χ0v) is 11.1. The maximum Gasteiger partial charge on any atom is 0.339 e. The van der Waals surface area contributed by atoms with E-state index in [2.05, 4.69) is 0 Å². The van der Waals surface area contributed by atoms with E-state index in [1.165, 1.54) is 0 Å². The van der Waals surface area contributed by atoms with E-state index in [0.29, 0.717) is 12.1 Å². The first kappa shape index (κ1) is 17.1. The second-order valence-corrected chi connectivity index (χ2v) is 4.07. The minimum absolute atomic E-state index is 0.118. The highest BCUT2D eigenvalue weighted by Crippen LogP contribution is 2.19. The Bertz CT molecular complexity index is 633. The predicted octanol–water partition coefficient (Wildman–Crippen LogP) is 0.320. The fourth-order valence-corrected chi connectivity index (χ4v) is 1.61. The Labute approximate surface area is 123 Å². The van der Waals surface area contributed by atoms with Gasteiger partial charge in [-0.05, 0) is 12.1 Å². The van der Waals surface area contributed by atoms with Crippen LogP contribution < -0.4 is 0 Å². The van der Waals surface area contributed by atoms with Gasteiger partial charge in [0.05, 0.1) is 28.9 Å². The number of ether oxygens (including phenoxy) is 1. The van der Waals surface area contributed by atoms with E-state index in [9.17, 15) is 19.2 Å². The number of hydrogen-bond donors (Lipinski definition) is 4. The van der Waals surface area contributed by atoms with Gasteiger partial charge in [0, 0.05) is 13.0 Å². The van der Waals surface area contributed by atoms with Crippen molar-refractivity contribution in [1.29, 1.82) is 0 Å². The molecule has 118 valence electrons. The second-order valence-electron chi connectivity index (χ2n) is 4.07. The van der Waals surface area contributed by atoms with E-state index in [4.69, 9.17) is 25.2 Å². The summed E-state index contributed by atoms with van der Waals surface area (Å²) >= 11 is 0. The number of carboxylic acids is 3. The smallest absolute Gasteiger partial charge is 0.339 e. The number of carbonyl (C=O) groups is 4. The lowest BCUT2D eigenvalue weighted by Crippen LogP contribution is -2.17. The molecule has 0 amide bonds. The normalized spacial score (nSPS) is 10.0. The van der Waals surface area contributed by atoms with Crippen molar-refractivity contribution in [3.05, 3.63) is 34.4 Å². The number of carboxylic acid groups (broad SMARTS) is 3. The van der Waals surface area contributed by atoms with Crippen molar-refractivity contribution < 1.29 is 44.3 Å². The van der Waals surface area contributed by atoms with Gasteiger partial charge in [-0.2, -0.15) is 0 Å². The standard InChI is InChI=1S/C13H12O9/c14-2-1-3-22-13(21)9-5-7(11(17)18)6(10(15)16)4-8(9)12(19)20/h4-5,14H,1-3H2,(H,15,16)(H,17,18)(H,19,20). The number of hydrogen-bond acceptors (Lipinski definition) is 6. The lowest BCUT2D eigenvalue weighted by molar-refractivity contribution is 0.0471. The van der Waals surface area contributed by atoms with Crippen LogP contribution in [0.5, 0.6) is 0 Å². The maximum absolute atomic E-state index is 11.8.